The monoisotopic (exact) mass is 272 g/mol. The van der Waals surface area contributed by atoms with Crippen molar-refractivity contribution in [3.8, 4) is 5.75 Å². The van der Waals surface area contributed by atoms with E-state index in [-0.39, 0.29) is 0 Å². The first kappa shape index (κ1) is 14.1. The summed E-state index contributed by atoms with van der Waals surface area (Å²) < 4.78 is 5.76. The lowest BCUT2D eigenvalue weighted by Gasteiger charge is -2.14. The fraction of sp³-hybridized carbons (Fsp3) is 0.333. The maximum absolute atomic E-state index is 5.76. The van der Waals surface area contributed by atoms with Crippen LogP contribution in [0.1, 0.15) is 11.5 Å². The first-order valence-corrected chi connectivity index (χ1v) is 6.51. The lowest BCUT2D eigenvalue weighted by atomic mass is 10.3. The van der Waals surface area contributed by atoms with Crippen LogP contribution in [0.5, 0.6) is 5.75 Å². The molecule has 0 radical (unpaired) electrons. The fourth-order valence-electron chi connectivity index (χ4n) is 1.82. The number of aromatic nitrogens is 2. The maximum Gasteiger partial charge on any atom is 0.168 e. The van der Waals surface area contributed by atoms with Crippen LogP contribution in [-0.2, 0) is 6.61 Å². The molecule has 0 spiro atoms. The van der Waals surface area contributed by atoms with Crippen molar-refractivity contribution < 1.29 is 4.74 Å². The Bertz CT molecular complexity index is 584. The second kappa shape index (κ2) is 6.23. The summed E-state index contributed by atoms with van der Waals surface area (Å²) in [5.74, 6) is 2.29. The van der Waals surface area contributed by atoms with E-state index < -0.39 is 0 Å². The normalized spacial score (nSPS) is 10.2. The summed E-state index contributed by atoms with van der Waals surface area (Å²) in [6.45, 7) is 2.30. The highest BCUT2D eigenvalue weighted by Crippen LogP contribution is 2.20. The van der Waals surface area contributed by atoms with Crippen molar-refractivity contribution in [2.45, 2.75) is 13.5 Å². The number of anilines is 2. The summed E-state index contributed by atoms with van der Waals surface area (Å²) in [5, 5.41) is 3.02. The molecule has 0 atom stereocenters. The smallest absolute Gasteiger partial charge is 0.168 e. The van der Waals surface area contributed by atoms with Crippen molar-refractivity contribution in [1.82, 2.24) is 9.97 Å². The molecular weight excluding hydrogens is 252 g/mol. The summed E-state index contributed by atoms with van der Waals surface area (Å²) in [6.07, 6.45) is 0. The van der Waals surface area contributed by atoms with E-state index in [1.165, 1.54) is 0 Å². The third kappa shape index (κ3) is 3.60. The Kier molecular flexibility index (Phi) is 4.40. The zero-order chi connectivity index (χ0) is 14.5. The van der Waals surface area contributed by atoms with Crippen LogP contribution >= 0.6 is 0 Å². The Morgan fingerprint density at radius 2 is 2.00 bits per heavy atom. The van der Waals surface area contributed by atoms with Gasteiger partial charge in [-0.25, -0.2) is 9.97 Å². The van der Waals surface area contributed by atoms with Crippen molar-refractivity contribution in [2.24, 2.45) is 0 Å². The molecule has 20 heavy (non-hydrogen) atoms. The molecule has 1 aromatic heterocycles. The molecule has 0 amide bonds. The van der Waals surface area contributed by atoms with Gasteiger partial charge in [0, 0.05) is 44.7 Å². The van der Waals surface area contributed by atoms with E-state index in [1.54, 1.807) is 0 Å². The van der Waals surface area contributed by atoms with E-state index in [1.807, 2.05) is 63.3 Å². The van der Waals surface area contributed by atoms with Crippen molar-refractivity contribution >= 4 is 11.5 Å². The zero-order valence-corrected chi connectivity index (χ0v) is 12.3. The van der Waals surface area contributed by atoms with Gasteiger partial charge < -0.3 is 15.0 Å². The van der Waals surface area contributed by atoms with Gasteiger partial charge in [0.2, 0.25) is 0 Å². The molecule has 0 bridgehead atoms. The number of aryl methyl sites for hydroxylation is 1. The van der Waals surface area contributed by atoms with Gasteiger partial charge in [0.05, 0.1) is 0 Å². The third-order valence-electron chi connectivity index (χ3n) is 2.86. The second-order valence-electron chi connectivity index (χ2n) is 4.74. The third-order valence-corrected chi connectivity index (χ3v) is 2.86. The summed E-state index contributed by atoms with van der Waals surface area (Å²) in [4.78, 5) is 10.8. The topological polar surface area (TPSA) is 50.3 Å². The lowest BCUT2D eigenvalue weighted by Crippen LogP contribution is -2.09. The number of hydrogen-bond donors (Lipinski definition) is 1. The number of nitrogens with one attached hydrogen (secondary N) is 1. The summed E-state index contributed by atoms with van der Waals surface area (Å²) in [5.41, 5.74) is 2.02. The van der Waals surface area contributed by atoms with E-state index in [4.69, 9.17) is 4.74 Å². The summed E-state index contributed by atoms with van der Waals surface area (Å²) in [6, 6.07) is 9.84. The number of benzene rings is 1. The molecule has 0 saturated carbocycles. The predicted octanol–water partition coefficient (Wildman–Crippen LogP) is 2.47. The number of hydrogen-bond acceptors (Lipinski definition) is 5. The summed E-state index contributed by atoms with van der Waals surface area (Å²) >= 11 is 0. The molecule has 0 aliphatic rings. The predicted molar refractivity (Wildman–Crippen MR) is 81.4 cm³/mol. The van der Waals surface area contributed by atoms with E-state index in [9.17, 15) is 0 Å². The van der Waals surface area contributed by atoms with Crippen molar-refractivity contribution in [3.63, 3.8) is 0 Å². The first-order chi connectivity index (χ1) is 9.58. The van der Waals surface area contributed by atoms with E-state index in [0.717, 1.165) is 22.9 Å². The SMILES string of the molecule is CNc1cc(C)nc(COc2cccc(N(C)C)c2)n1. The average Bonchev–Trinajstić information content (AvgIpc) is 2.44. The first-order valence-electron chi connectivity index (χ1n) is 6.51. The van der Waals surface area contributed by atoms with Gasteiger partial charge in [0.25, 0.3) is 0 Å². The maximum atomic E-state index is 5.76. The van der Waals surface area contributed by atoms with Gasteiger partial charge >= 0.3 is 0 Å². The van der Waals surface area contributed by atoms with Crippen LogP contribution < -0.4 is 15.0 Å². The van der Waals surface area contributed by atoms with E-state index in [2.05, 4.69) is 15.3 Å². The van der Waals surface area contributed by atoms with E-state index in [0.29, 0.717) is 12.4 Å². The van der Waals surface area contributed by atoms with Crippen LogP contribution in [0, 0.1) is 6.92 Å². The van der Waals surface area contributed by atoms with E-state index >= 15 is 0 Å². The van der Waals surface area contributed by atoms with Crippen LogP contribution in [0.2, 0.25) is 0 Å². The van der Waals surface area contributed by atoms with Crippen LogP contribution in [0.3, 0.4) is 0 Å². The van der Waals surface area contributed by atoms with Crippen molar-refractivity contribution in [1.29, 1.82) is 0 Å². The van der Waals surface area contributed by atoms with Crippen LogP contribution in [-0.4, -0.2) is 31.1 Å². The Labute approximate surface area is 119 Å². The molecular formula is C15H20N4O. The Balaban J connectivity index is 2.08. The lowest BCUT2D eigenvalue weighted by molar-refractivity contribution is 0.296. The molecule has 1 heterocycles. The van der Waals surface area contributed by atoms with Crippen LogP contribution in [0.4, 0.5) is 11.5 Å². The molecule has 0 saturated heterocycles. The molecule has 1 N–H and O–H groups in total. The molecule has 5 nitrogen and oxygen atoms in total. The number of rotatable bonds is 5. The Morgan fingerprint density at radius 1 is 1.20 bits per heavy atom. The van der Waals surface area contributed by atoms with Crippen molar-refractivity contribution in [2.75, 3.05) is 31.4 Å². The minimum absolute atomic E-state index is 0.354. The van der Waals surface area contributed by atoms with Gasteiger partial charge in [-0.2, -0.15) is 0 Å². The molecule has 0 fully saturated rings. The largest absolute Gasteiger partial charge is 0.486 e. The second-order valence-corrected chi connectivity index (χ2v) is 4.74. The molecule has 2 aromatic rings. The Morgan fingerprint density at radius 3 is 2.70 bits per heavy atom. The van der Waals surface area contributed by atoms with Gasteiger partial charge in [0.1, 0.15) is 18.2 Å². The molecule has 2 rings (SSSR count). The molecule has 0 aliphatic carbocycles. The summed E-state index contributed by atoms with van der Waals surface area (Å²) in [7, 11) is 5.84. The van der Waals surface area contributed by atoms with Crippen LogP contribution in [0.15, 0.2) is 30.3 Å². The quantitative estimate of drug-likeness (QED) is 0.906. The highest BCUT2D eigenvalue weighted by molar-refractivity contribution is 5.49. The molecule has 5 heteroatoms. The van der Waals surface area contributed by atoms with Gasteiger partial charge in [-0.1, -0.05) is 6.07 Å². The minimum atomic E-state index is 0.354. The fourth-order valence-corrected chi connectivity index (χ4v) is 1.82. The van der Waals surface area contributed by atoms with Gasteiger partial charge in [-0.05, 0) is 19.1 Å². The molecule has 0 unspecified atom stereocenters. The molecule has 0 aliphatic heterocycles. The Hall–Kier alpha value is -2.30. The average molecular weight is 272 g/mol. The highest BCUT2D eigenvalue weighted by Gasteiger charge is 2.04. The van der Waals surface area contributed by atoms with Gasteiger partial charge in [-0.3, -0.25) is 0 Å². The van der Waals surface area contributed by atoms with Crippen LogP contribution in [0.25, 0.3) is 0 Å². The van der Waals surface area contributed by atoms with Gasteiger partial charge in [0.15, 0.2) is 5.82 Å². The van der Waals surface area contributed by atoms with Gasteiger partial charge in [-0.15, -0.1) is 0 Å². The molecule has 1 aromatic carbocycles. The van der Waals surface area contributed by atoms with Crippen molar-refractivity contribution in [3.05, 3.63) is 41.9 Å². The number of ether oxygens (including phenoxy) is 1. The highest BCUT2D eigenvalue weighted by atomic mass is 16.5. The number of nitrogens with zero attached hydrogens (tertiary/aromatic N) is 3. The molecule has 106 valence electrons. The standard InChI is InChI=1S/C15H20N4O/c1-11-8-14(16-2)18-15(17-11)10-20-13-7-5-6-12(9-13)19(3)4/h5-9H,10H2,1-4H3,(H,16,17,18). The minimum Gasteiger partial charge on any atom is -0.486 e. The zero-order valence-electron chi connectivity index (χ0n) is 12.3.